The average Bonchev–Trinajstić information content (AvgIpc) is 2.77. The van der Waals surface area contributed by atoms with Gasteiger partial charge in [-0.15, -0.1) is 0 Å². The first-order valence-electron chi connectivity index (χ1n) is 10.4. The molecule has 0 unspecified atom stereocenters. The van der Waals surface area contributed by atoms with Gasteiger partial charge in [-0.25, -0.2) is 4.79 Å². The number of rotatable bonds is 8. The predicted octanol–water partition coefficient (Wildman–Crippen LogP) is 5.39. The highest BCUT2D eigenvalue weighted by molar-refractivity contribution is 5.86. The predicted molar refractivity (Wildman–Crippen MR) is 115 cm³/mol. The summed E-state index contributed by atoms with van der Waals surface area (Å²) in [5.41, 5.74) is 4.59. The summed E-state index contributed by atoms with van der Waals surface area (Å²) in [5, 5.41) is 9.47. The fourth-order valence-electron chi connectivity index (χ4n) is 3.80. The summed E-state index contributed by atoms with van der Waals surface area (Å²) in [6.45, 7) is 5.51. The number of aliphatic hydroxyl groups is 1. The molecular weight excluding hydrogens is 364 g/mol. The van der Waals surface area contributed by atoms with E-state index in [-0.39, 0.29) is 19.8 Å². The minimum atomic E-state index is -0.420. The van der Waals surface area contributed by atoms with Crippen LogP contribution < -0.4 is 4.74 Å². The Morgan fingerprint density at radius 2 is 1.79 bits per heavy atom. The van der Waals surface area contributed by atoms with E-state index in [1.54, 1.807) is 6.92 Å². The van der Waals surface area contributed by atoms with Crippen LogP contribution in [0.1, 0.15) is 56.1 Å². The van der Waals surface area contributed by atoms with Gasteiger partial charge in [0.15, 0.2) is 0 Å². The van der Waals surface area contributed by atoms with Crippen molar-refractivity contribution in [3.05, 3.63) is 65.7 Å². The van der Waals surface area contributed by atoms with Crippen LogP contribution in [0, 0.1) is 0 Å². The molecule has 1 fully saturated rings. The highest BCUT2D eigenvalue weighted by Crippen LogP contribution is 2.35. The van der Waals surface area contributed by atoms with Gasteiger partial charge in [-0.1, -0.05) is 62.2 Å². The SMILES string of the molecule is C=C(C)C(=O)OCCOc1cc(CO)ccc1-c1ccc(C2CCCCC2)cc1. The van der Waals surface area contributed by atoms with E-state index in [1.807, 2.05) is 18.2 Å². The molecule has 2 aromatic rings. The Morgan fingerprint density at radius 1 is 1.07 bits per heavy atom. The third-order valence-corrected chi connectivity index (χ3v) is 5.45. The Balaban J connectivity index is 1.72. The smallest absolute Gasteiger partial charge is 0.333 e. The maximum atomic E-state index is 11.5. The maximum absolute atomic E-state index is 11.5. The molecule has 4 nitrogen and oxygen atoms in total. The van der Waals surface area contributed by atoms with Crippen molar-refractivity contribution in [3.63, 3.8) is 0 Å². The molecule has 0 saturated heterocycles. The van der Waals surface area contributed by atoms with Gasteiger partial charge >= 0.3 is 5.97 Å². The molecule has 2 aromatic carbocycles. The van der Waals surface area contributed by atoms with Gasteiger partial charge in [-0.2, -0.15) is 0 Å². The molecule has 154 valence electrons. The second-order valence-electron chi connectivity index (χ2n) is 7.71. The summed E-state index contributed by atoms with van der Waals surface area (Å²) in [4.78, 5) is 11.5. The number of aliphatic hydroxyl groups excluding tert-OH is 1. The van der Waals surface area contributed by atoms with E-state index in [4.69, 9.17) is 9.47 Å². The number of carbonyl (C=O) groups is 1. The van der Waals surface area contributed by atoms with Gasteiger partial charge in [0, 0.05) is 11.1 Å². The Hall–Kier alpha value is -2.59. The minimum absolute atomic E-state index is 0.0537. The summed E-state index contributed by atoms with van der Waals surface area (Å²) < 4.78 is 11.0. The lowest BCUT2D eigenvalue weighted by Gasteiger charge is -2.22. The largest absolute Gasteiger partial charge is 0.489 e. The lowest BCUT2D eigenvalue weighted by atomic mass is 9.83. The van der Waals surface area contributed by atoms with E-state index in [0.29, 0.717) is 17.2 Å². The molecular formula is C25H30O4. The van der Waals surface area contributed by atoms with Crippen LogP contribution in [0.25, 0.3) is 11.1 Å². The zero-order valence-electron chi connectivity index (χ0n) is 17.2. The van der Waals surface area contributed by atoms with Gasteiger partial charge in [0.2, 0.25) is 0 Å². The van der Waals surface area contributed by atoms with Crippen LogP contribution in [0.4, 0.5) is 0 Å². The Kier molecular flexibility index (Phi) is 7.48. The van der Waals surface area contributed by atoms with Crippen LogP contribution in [0.15, 0.2) is 54.6 Å². The number of benzene rings is 2. The van der Waals surface area contributed by atoms with Crippen LogP contribution in [0.3, 0.4) is 0 Å². The Bertz CT molecular complexity index is 832. The molecule has 3 rings (SSSR count). The second-order valence-corrected chi connectivity index (χ2v) is 7.71. The molecule has 0 atom stereocenters. The molecule has 1 aliphatic rings. The molecule has 4 heteroatoms. The molecule has 0 heterocycles. The van der Waals surface area contributed by atoms with E-state index in [9.17, 15) is 9.90 Å². The zero-order chi connectivity index (χ0) is 20.6. The van der Waals surface area contributed by atoms with Crippen molar-refractivity contribution in [2.75, 3.05) is 13.2 Å². The summed E-state index contributed by atoms with van der Waals surface area (Å²) >= 11 is 0. The molecule has 1 N–H and O–H groups in total. The highest BCUT2D eigenvalue weighted by Gasteiger charge is 2.16. The van der Waals surface area contributed by atoms with Crippen LogP contribution >= 0.6 is 0 Å². The van der Waals surface area contributed by atoms with Gasteiger partial charge in [0.25, 0.3) is 0 Å². The van der Waals surface area contributed by atoms with Crippen molar-refractivity contribution in [1.82, 2.24) is 0 Å². The molecule has 0 bridgehead atoms. The van der Waals surface area contributed by atoms with Gasteiger partial charge < -0.3 is 14.6 Å². The number of hydrogen-bond acceptors (Lipinski definition) is 4. The standard InChI is InChI=1S/C25H30O4/c1-18(2)25(27)29-15-14-28-24-16-19(17-26)8-13-23(24)22-11-9-21(10-12-22)20-6-4-3-5-7-20/h8-13,16,20,26H,1,3-7,14-15,17H2,2H3. The van der Waals surface area contributed by atoms with Crippen molar-refractivity contribution in [2.45, 2.75) is 51.6 Å². The van der Waals surface area contributed by atoms with Crippen molar-refractivity contribution in [2.24, 2.45) is 0 Å². The lowest BCUT2D eigenvalue weighted by Crippen LogP contribution is -2.12. The Labute approximate surface area is 173 Å². The molecule has 0 amide bonds. The summed E-state index contributed by atoms with van der Waals surface area (Å²) in [7, 11) is 0. The van der Waals surface area contributed by atoms with Crippen molar-refractivity contribution >= 4 is 5.97 Å². The van der Waals surface area contributed by atoms with Crippen LogP contribution in [-0.4, -0.2) is 24.3 Å². The van der Waals surface area contributed by atoms with E-state index in [1.165, 1.54) is 37.7 Å². The first-order valence-corrected chi connectivity index (χ1v) is 10.4. The van der Waals surface area contributed by atoms with Crippen molar-refractivity contribution < 1.29 is 19.4 Å². The minimum Gasteiger partial charge on any atom is -0.489 e. The van der Waals surface area contributed by atoms with Gasteiger partial charge in [0.05, 0.1) is 6.61 Å². The third kappa shape index (κ3) is 5.70. The number of esters is 1. The fraction of sp³-hybridized carbons (Fsp3) is 0.400. The highest BCUT2D eigenvalue weighted by atomic mass is 16.6. The third-order valence-electron chi connectivity index (χ3n) is 5.45. The normalized spacial score (nSPS) is 14.4. The first-order chi connectivity index (χ1) is 14.1. The Morgan fingerprint density at radius 3 is 2.45 bits per heavy atom. The number of hydrogen-bond donors (Lipinski definition) is 1. The maximum Gasteiger partial charge on any atom is 0.333 e. The number of carbonyl (C=O) groups excluding carboxylic acids is 1. The second kappa shape index (κ2) is 10.3. The molecule has 0 aromatic heterocycles. The van der Waals surface area contributed by atoms with Crippen molar-refractivity contribution in [1.29, 1.82) is 0 Å². The van der Waals surface area contributed by atoms with E-state index in [0.717, 1.165) is 16.7 Å². The van der Waals surface area contributed by atoms with Gasteiger partial charge in [-0.3, -0.25) is 0 Å². The summed E-state index contributed by atoms with van der Waals surface area (Å²) in [6.07, 6.45) is 6.56. The lowest BCUT2D eigenvalue weighted by molar-refractivity contribution is -0.139. The van der Waals surface area contributed by atoms with E-state index >= 15 is 0 Å². The summed E-state index contributed by atoms with van der Waals surface area (Å²) in [6, 6.07) is 14.4. The molecule has 29 heavy (non-hydrogen) atoms. The van der Waals surface area contributed by atoms with E-state index in [2.05, 4.69) is 30.8 Å². The van der Waals surface area contributed by atoms with E-state index < -0.39 is 5.97 Å². The molecule has 0 spiro atoms. The molecule has 1 aliphatic carbocycles. The average molecular weight is 395 g/mol. The number of ether oxygens (including phenoxy) is 2. The van der Waals surface area contributed by atoms with Gasteiger partial charge in [0.1, 0.15) is 19.0 Å². The zero-order valence-corrected chi connectivity index (χ0v) is 17.2. The van der Waals surface area contributed by atoms with Crippen LogP contribution in [0.2, 0.25) is 0 Å². The van der Waals surface area contributed by atoms with Crippen LogP contribution in [-0.2, 0) is 16.1 Å². The van der Waals surface area contributed by atoms with Crippen LogP contribution in [0.5, 0.6) is 5.75 Å². The first kappa shape index (κ1) is 21.1. The molecule has 0 radical (unpaired) electrons. The fourth-order valence-corrected chi connectivity index (χ4v) is 3.80. The monoisotopic (exact) mass is 394 g/mol. The topological polar surface area (TPSA) is 55.8 Å². The quantitative estimate of drug-likeness (QED) is 0.370. The molecule has 1 saturated carbocycles. The summed E-state index contributed by atoms with van der Waals surface area (Å²) in [5.74, 6) is 0.929. The van der Waals surface area contributed by atoms with Crippen molar-refractivity contribution in [3.8, 4) is 16.9 Å². The van der Waals surface area contributed by atoms with Gasteiger partial charge in [-0.05, 0) is 48.4 Å². The molecule has 0 aliphatic heterocycles.